The van der Waals surface area contributed by atoms with Crippen LogP contribution in [0.4, 0.5) is 0 Å². The van der Waals surface area contributed by atoms with Crippen LogP contribution in [-0.2, 0) is 39.7 Å². The van der Waals surface area contributed by atoms with Gasteiger partial charge in [0.25, 0.3) is 0 Å². The zero-order valence-corrected chi connectivity index (χ0v) is 22.3. The standard InChI is InChI=1S/C28H37N3O4S/c1-5-15-31(36(34,35)21-28-14-13-23(17-25(28)32)27(28,2)3)20-26(33)30(18-22-10-7-6-8-11-22)19-24-12-9-16-29(24)4/h5-12,16,23H,1,13-15,17-21H2,2-4H3. The Labute approximate surface area is 214 Å². The molecule has 7 nitrogen and oxygen atoms in total. The zero-order chi connectivity index (χ0) is 26.1. The van der Waals surface area contributed by atoms with Crippen LogP contribution in [0.5, 0.6) is 0 Å². The summed E-state index contributed by atoms with van der Waals surface area (Å²) in [7, 11) is -1.98. The van der Waals surface area contributed by atoms with Gasteiger partial charge in [-0.1, -0.05) is 50.3 Å². The maximum absolute atomic E-state index is 13.7. The smallest absolute Gasteiger partial charge is 0.238 e. The number of Topliss-reactive ketones (excluding diaryl/α,β-unsaturated/α-hetero) is 1. The van der Waals surface area contributed by atoms with Gasteiger partial charge in [-0.15, -0.1) is 6.58 Å². The Bertz CT molecular complexity index is 1230. The predicted octanol–water partition coefficient (Wildman–Crippen LogP) is 3.77. The summed E-state index contributed by atoms with van der Waals surface area (Å²) in [5.41, 5.74) is 0.664. The lowest BCUT2D eigenvalue weighted by Crippen LogP contribution is -2.49. The number of rotatable bonds is 11. The van der Waals surface area contributed by atoms with Gasteiger partial charge in [0.1, 0.15) is 5.78 Å². The van der Waals surface area contributed by atoms with E-state index >= 15 is 0 Å². The molecule has 0 radical (unpaired) electrons. The molecular formula is C28H37N3O4S. The molecule has 1 aromatic heterocycles. The Balaban J connectivity index is 1.57. The molecule has 2 atom stereocenters. The highest BCUT2D eigenvalue weighted by atomic mass is 32.2. The number of fused-ring (bicyclic) bond motifs is 2. The van der Waals surface area contributed by atoms with E-state index in [1.807, 2.05) is 74.1 Å². The minimum atomic E-state index is -3.90. The monoisotopic (exact) mass is 511 g/mol. The molecule has 2 bridgehead atoms. The Morgan fingerprint density at radius 3 is 2.44 bits per heavy atom. The molecule has 2 aromatic rings. The second-order valence-electron chi connectivity index (χ2n) is 10.8. The molecule has 36 heavy (non-hydrogen) atoms. The second kappa shape index (κ2) is 9.98. The average Bonchev–Trinajstić information content (AvgIpc) is 3.39. The molecule has 2 fully saturated rings. The number of benzene rings is 1. The SMILES string of the molecule is C=CCN(CC(=O)N(Cc1ccccc1)Cc1cccn1C)S(=O)(=O)CC12CCC(CC1=O)C2(C)C. The van der Waals surface area contributed by atoms with Crippen molar-refractivity contribution in [3.63, 3.8) is 0 Å². The largest absolute Gasteiger partial charge is 0.353 e. The van der Waals surface area contributed by atoms with Crippen molar-refractivity contribution >= 4 is 21.7 Å². The number of amides is 1. The van der Waals surface area contributed by atoms with E-state index < -0.39 is 15.4 Å². The first-order valence-corrected chi connectivity index (χ1v) is 14.1. The highest BCUT2D eigenvalue weighted by molar-refractivity contribution is 7.89. The molecule has 4 rings (SSSR count). The fraction of sp³-hybridized carbons (Fsp3) is 0.500. The van der Waals surface area contributed by atoms with Gasteiger partial charge in [0.2, 0.25) is 15.9 Å². The highest BCUT2D eigenvalue weighted by Crippen LogP contribution is 2.64. The molecule has 0 aliphatic heterocycles. The van der Waals surface area contributed by atoms with Crippen LogP contribution in [0.15, 0.2) is 61.3 Å². The quantitative estimate of drug-likeness (QED) is 0.430. The molecule has 1 amide bonds. The summed E-state index contributed by atoms with van der Waals surface area (Å²) in [4.78, 5) is 28.3. The molecular weight excluding hydrogens is 474 g/mol. The highest BCUT2D eigenvalue weighted by Gasteiger charge is 2.65. The summed E-state index contributed by atoms with van der Waals surface area (Å²) in [5, 5.41) is 0. The Morgan fingerprint density at radius 2 is 1.89 bits per heavy atom. The van der Waals surface area contributed by atoms with Crippen molar-refractivity contribution < 1.29 is 18.0 Å². The number of hydrogen-bond acceptors (Lipinski definition) is 4. The van der Waals surface area contributed by atoms with Crippen molar-refractivity contribution in [3.8, 4) is 0 Å². The minimum absolute atomic E-state index is 0.0194. The van der Waals surface area contributed by atoms with Gasteiger partial charge in [-0.3, -0.25) is 9.59 Å². The molecule has 0 spiro atoms. The fourth-order valence-corrected chi connectivity index (χ4v) is 8.20. The van der Waals surface area contributed by atoms with Gasteiger partial charge in [0.05, 0.1) is 18.8 Å². The maximum Gasteiger partial charge on any atom is 0.238 e. The normalized spacial score (nSPS) is 22.8. The molecule has 2 aliphatic rings. The third-order valence-electron chi connectivity index (χ3n) is 8.58. The minimum Gasteiger partial charge on any atom is -0.353 e. The van der Waals surface area contributed by atoms with Crippen molar-refractivity contribution in [1.29, 1.82) is 0 Å². The van der Waals surface area contributed by atoms with Gasteiger partial charge >= 0.3 is 0 Å². The number of carbonyl (C=O) groups excluding carboxylic acids is 2. The van der Waals surface area contributed by atoms with E-state index in [2.05, 4.69) is 6.58 Å². The fourth-order valence-electron chi connectivity index (χ4n) is 6.07. The summed E-state index contributed by atoms with van der Waals surface area (Å²) in [6, 6.07) is 13.5. The Kier molecular flexibility index (Phi) is 7.30. The predicted molar refractivity (Wildman–Crippen MR) is 140 cm³/mol. The average molecular weight is 512 g/mol. The summed E-state index contributed by atoms with van der Waals surface area (Å²) < 4.78 is 30.6. The first-order valence-electron chi connectivity index (χ1n) is 12.5. The van der Waals surface area contributed by atoms with E-state index in [4.69, 9.17) is 0 Å². The maximum atomic E-state index is 13.7. The lowest BCUT2D eigenvalue weighted by atomic mass is 9.70. The summed E-state index contributed by atoms with van der Waals surface area (Å²) in [6.07, 6.45) is 5.33. The van der Waals surface area contributed by atoms with Gasteiger partial charge in [-0.25, -0.2) is 8.42 Å². The number of sulfonamides is 1. The van der Waals surface area contributed by atoms with Crippen LogP contribution < -0.4 is 0 Å². The molecule has 2 aliphatic carbocycles. The Morgan fingerprint density at radius 1 is 1.17 bits per heavy atom. The van der Waals surface area contributed by atoms with E-state index in [9.17, 15) is 18.0 Å². The summed E-state index contributed by atoms with van der Waals surface area (Å²) in [6.45, 7) is 8.22. The zero-order valence-electron chi connectivity index (χ0n) is 21.5. The van der Waals surface area contributed by atoms with Crippen molar-refractivity contribution in [2.24, 2.45) is 23.8 Å². The van der Waals surface area contributed by atoms with Crippen LogP contribution in [0.3, 0.4) is 0 Å². The first-order chi connectivity index (χ1) is 17.0. The van der Waals surface area contributed by atoms with Gasteiger partial charge in [0.15, 0.2) is 0 Å². The van der Waals surface area contributed by atoms with Crippen LogP contribution in [0.25, 0.3) is 0 Å². The van der Waals surface area contributed by atoms with E-state index in [0.29, 0.717) is 25.9 Å². The number of aromatic nitrogens is 1. The van der Waals surface area contributed by atoms with Crippen LogP contribution >= 0.6 is 0 Å². The number of ketones is 1. The van der Waals surface area contributed by atoms with Crippen molar-refractivity contribution in [2.45, 2.75) is 46.2 Å². The van der Waals surface area contributed by atoms with E-state index in [1.165, 1.54) is 10.4 Å². The van der Waals surface area contributed by atoms with Gasteiger partial charge < -0.3 is 9.47 Å². The third kappa shape index (κ3) is 4.81. The van der Waals surface area contributed by atoms with Crippen molar-refractivity contribution in [3.05, 3.63) is 72.6 Å². The molecule has 0 N–H and O–H groups in total. The van der Waals surface area contributed by atoms with Crippen LogP contribution in [0.2, 0.25) is 0 Å². The number of carbonyl (C=O) groups is 2. The van der Waals surface area contributed by atoms with Crippen LogP contribution in [0.1, 0.15) is 44.4 Å². The topological polar surface area (TPSA) is 79.7 Å². The first kappa shape index (κ1) is 26.4. The molecule has 194 valence electrons. The molecule has 2 saturated carbocycles. The number of aryl methyl sites for hydroxylation is 1. The van der Waals surface area contributed by atoms with Gasteiger partial charge in [0, 0.05) is 43.9 Å². The molecule has 1 heterocycles. The van der Waals surface area contributed by atoms with Crippen LogP contribution in [0, 0.1) is 16.7 Å². The van der Waals surface area contributed by atoms with E-state index in [1.54, 1.807) is 4.90 Å². The van der Waals surface area contributed by atoms with Gasteiger partial charge in [-0.2, -0.15) is 4.31 Å². The second-order valence-corrected chi connectivity index (χ2v) is 12.8. The van der Waals surface area contributed by atoms with Gasteiger partial charge in [-0.05, 0) is 41.9 Å². The Hall–Kier alpha value is -2.71. The lowest BCUT2D eigenvalue weighted by molar-refractivity contribution is -0.132. The lowest BCUT2D eigenvalue weighted by Gasteiger charge is -2.37. The van der Waals surface area contributed by atoms with E-state index in [-0.39, 0.29) is 41.9 Å². The molecule has 8 heteroatoms. The van der Waals surface area contributed by atoms with Crippen molar-refractivity contribution in [1.82, 2.24) is 13.8 Å². The molecule has 2 unspecified atom stereocenters. The number of hydrogen-bond donors (Lipinski definition) is 0. The van der Waals surface area contributed by atoms with Crippen molar-refractivity contribution in [2.75, 3.05) is 18.8 Å². The van der Waals surface area contributed by atoms with E-state index in [0.717, 1.165) is 17.7 Å². The molecule has 1 aromatic carbocycles. The summed E-state index contributed by atoms with van der Waals surface area (Å²) >= 11 is 0. The molecule has 0 saturated heterocycles. The summed E-state index contributed by atoms with van der Waals surface area (Å²) in [5.74, 6) is -0.266. The number of nitrogens with zero attached hydrogens (tertiary/aromatic N) is 3. The third-order valence-corrected chi connectivity index (χ3v) is 10.5. The van der Waals surface area contributed by atoms with Crippen LogP contribution in [-0.4, -0.2) is 52.7 Å².